The summed E-state index contributed by atoms with van der Waals surface area (Å²) >= 11 is 0. The molecule has 1 aliphatic heterocycles. The van der Waals surface area contributed by atoms with Crippen LogP contribution in [0.1, 0.15) is 12.0 Å². The van der Waals surface area contributed by atoms with Crippen molar-refractivity contribution in [2.24, 2.45) is 0 Å². The first-order chi connectivity index (χ1) is 12.8. The predicted molar refractivity (Wildman–Crippen MR) is 102 cm³/mol. The summed E-state index contributed by atoms with van der Waals surface area (Å²) in [6.45, 7) is 5.73. The molecular formula is C20H24N6. The van der Waals surface area contributed by atoms with E-state index in [0.29, 0.717) is 5.82 Å². The highest BCUT2D eigenvalue weighted by Gasteiger charge is 2.12. The summed E-state index contributed by atoms with van der Waals surface area (Å²) in [7, 11) is 2.21. The van der Waals surface area contributed by atoms with Gasteiger partial charge in [-0.1, -0.05) is 48.5 Å². The Labute approximate surface area is 153 Å². The molecule has 3 aromatic rings. The van der Waals surface area contributed by atoms with Crippen LogP contribution in [0.15, 0.2) is 48.5 Å². The molecule has 0 aliphatic carbocycles. The minimum Gasteiger partial charge on any atom is -0.305 e. The maximum atomic E-state index is 3.94. The Bertz CT molecular complexity index is 811. The molecule has 2 aromatic carbocycles. The van der Waals surface area contributed by atoms with Crippen LogP contribution in [0.4, 0.5) is 0 Å². The second kappa shape index (κ2) is 7.76. The fourth-order valence-electron chi connectivity index (χ4n) is 3.42. The molecular weight excluding hydrogens is 324 g/mol. The number of hydrogen-bond acceptors (Lipinski definition) is 5. The van der Waals surface area contributed by atoms with Gasteiger partial charge in [0, 0.05) is 25.2 Å². The largest absolute Gasteiger partial charge is 0.305 e. The lowest BCUT2D eigenvalue weighted by Crippen LogP contribution is -2.28. The number of H-pyrrole nitrogens is 1. The normalized spacial score (nSPS) is 16.5. The van der Waals surface area contributed by atoms with E-state index in [2.05, 4.69) is 73.9 Å². The predicted octanol–water partition coefficient (Wildman–Crippen LogP) is 2.67. The summed E-state index contributed by atoms with van der Waals surface area (Å²) in [5, 5.41) is 14.0. The van der Waals surface area contributed by atoms with Crippen LogP contribution in [-0.2, 0) is 6.54 Å². The highest BCUT2D eigenvalue weighted by Crippen LogP contribution is 2.23. The lowest BCUT2D eigenvalue weighted by molar-refractivity contribution is 0.269. The maximum Gasteiger partial charge on any atom is 0.179 e. The number of rotatable bonds is 4. The first-order valence-corrected chi connectivity index (χ1v) is 9.12. The van der Waals surface area contributed by atoms with Gasteiger partial charge in [0.2, 0.25) is 0 Å². The van der Waals surface area contributed by atoms with Crippen LogP contribution >= 0.6 is 0 Å². The van der Waals surface area contributed by atoms with Crippen LogP contribution in [0.2, 0.25) is 0 Å². The topological polar surface area (TPSA) is 60.9 Å². The standard InChI is InChI=1S/C20H24N6/c1-25-11-2-12-26(14-13-25)15-16-3-5-17(6-4-16)18-7-9-19(10-8-18)20-21-23-24-22-20/h3-10H,2,11-15H2,1H3,(H,21,22,23,24). The lowest BCUT2D eigenvalue weighted by atomic mass is 10.0. The zero-order valence-electron chi connectivity index (χ0n) is 15.1. The van der Waals surface area contributed by atoms with E-state index in [0.717, 1.165) is 25.2 Å². The Kier molecular flexibility index (Phi) is 5.04. The Morgan fingerprint density at radius 1 is 0.846 bits per heavy atom. The third-order valence-electron chi connectivity index (χ3n) is 5.01. The summed E-state index contributed by atoms with van der Waals surface area (Å²) in [5.74, 6) is 0.690. The van der Waals surface area contributed by atoms with E-state index in [1.54, 1.807) is 0 Å². The van der Waals surface area contributed by atoms with Crippen molar-refractivity contribution in [1.82, 2.24) is 30.4 Å². The Morgan fingerprint density at radius 3 is 2.23 bits per heavy atom. The number of benzene rings is 2. The first kappa shape index (κ1) is 16.9. The third kappa shape index (κ3) is 3.98. The van der Waals surface area contributed by atoms with Crippen molar-refractivity contribution in [3.63, 3.8) is 0 Å². The second-order valence-corrected chi connectivity index (χ2v) is 6.96. The molecule has 1 aromatic heterocycles. The van der Waals surface area contributed by atoms with Crippen LogP contribution in [0, 0.1) is 0 Å². The molecule has 0 amide bonds. The van der Waals surface area contributed by atoms with E-state index in [4.69, 9.17) is 0 Å². The number of nitrogens with zero attached hydrogens (tertiary/aromatic N) is 5. The molecule has 2 heterocycles. The van der Waals surface area contributed by atoms with Gasteiger partial charge in [-0.15, -0.1) is 5.10 Å². The van der Waals surface area contributed by atoms with Crippen molar-refractivity contribution in [1.29, 1.82) is 0 Å². The minimum absolute atomic E-state index is 0.690. The molecule has 1 N–H and O–H groups in total. The Hall–Kier alpha value is -2.57. The molecule has 0 atom stereocenters. The fraction of sp³-hybridized carbons (Fsp3) is 0.350. The summed E-state index contributed by atoms with van der Waals surface area (Å²) in [4.78, 5) is 4.97. The van der Waals surface area contributed by atoms with E-state index >= 15 is 0 Å². The van der Waals surface area contributed by atoms with Crippen LogP contribution in [0.3, 0.4) is 0 Å². The van der Waals surface area contributed by atoms with Crippen molar-refractivity contribution in [3.8, 4) is 22.5 Å². The quantitative estimate of drug-likeness (QED) is 0.785. The zero-order valence-corrected chi connectivity index (χ0v) is 15.1. The first-order valence-electron chi connectivity index (χ1n) is 9.12. The number of aromatic amines is 1. The lowest BCUT2D eigenvalue weighted by Gasteiger charge is -2.20. The number of nitrogens with one attached hydrogen (secondary N) is 1. The van der Waals surface area contributed by atoms with Gasteiger partial charge >= 0.3 is 0 Å². The van der Waals surface area contributed by atoms with Crippen LogP contribution < -0.4 is 0 Å². The SMILES string of the molecule is CN1CCCN(Cc2ccc(-c3ccc(-c4nnn[nH]4)cc3)cc2)CC1. The van der Waals surface area contributed by atoms with Crippen LogP contribution in [-0.4, -0.2) is 63.7 Å². The van der Waals surface area contributed by atoms with Gasteiger partial charge in [0.25, 0.3) is 0 Å². The Balaban J connectivity index is 1.42. The summed E-state index contributed by atoms with van der Waals surface area (Å²) in [6.07, 6.45) is 1.25. The summed E-state index contributed by atoms with van der Waals surface area (Å²) < 4.78 is 0. The maximum absolute atomic E-state index is 3.94. The zero-order chi connectivity index (χ0) is 17.8. The van der Waals surface area contributed by atoms with Gasteiger partial charge in [-0.2, -0.15) is 0 Å². The van der Waals surface area contributed by atoms with Gasteiger partial charge in [0.1, 0.15) is 0 Å². The average molecular weight is 348 g/mol. The summed E-state index contributed by atoms with van der Waals surface area (Å²) in [6, 6.07) is 17.2. The Morgan fingerprint density at radius 2 is 1.54 bits per heavy atom. The fourth-order valence-corrected chi connectivity index (χ4v) is 3.42. The van der Waals surface area contributed by atoms with E-state index in [9.17, 15) is 0 Å². The third-order valence-corrected chi connectivity index (χ3v) is 5.01. The second-order valence-electron chi connectivity index (χ2n) is 6.96. The molecule has 0 radical (unpaired) electrons. The van der Waals surface area contributed by atoms with Crippen LogP contribution in [0.25, 0.3) is 22.5 Å². The molecule has 1 saturated heterocycles. The van der Waals surface area contributed by atoms with Crippen molar-refractivity contribution >= 4 is 0 Å². The molecule has 26 heavy (non-hydrogen) atoms. The summed E-state index contributed by atoms with van der Waals surface area (Å²) in [5.41, 5.74) is 4.79. The van der Waals surface area contributed by atoms with E-state index in [-0.39, 0.29) is 0 Å². The molecule has 134 valence electrons. The van der Waals surface area contributed by atoms with Crippen molar-refractivity contribution < 1.29 is 0 Å². The molecule has 0 bridgehead atoms. The van der Waals surface area contributed by atoms with Crippen LogP contribution in [0.5, 0.6) is 0 Å². The molecule has 6 heteroatoms. The van der Waals surface area contributed by atoms with E-state index in [1.165, 1.54) is 36.2 Å². The van der Waals surface area contributed by atoms with Gasteiger partial charge in [-0.3, -0.25) is 4.90 Å². The molecule has 4 rings (SSSR count). The molecule has 1 aliphatic rings. The average Bonchev–Trinajstić information content (AvgIpc) is 3.14. The van der Waals surface area contributed by atoms with Crippen molar-refractivity contribution in [2.45, 2.75) is 13.0 Å². The van der Waals surface area contributed by atoms with Gasteiger partial charge in [-0.05, 0) is 53.7 Å². The van der Waals surface area contributed by atoms with E-state index < -0.39 is 0 Å². The molecule has 1 fully saturated rings. The molecule has 0 saturated carbocycles. The van der Waals surface area contributed by atoms with Crippen molar-refractivity contribution in [2.75, 3.05) is 33.2 Å². The highest BCUT2D eigenvalue weighted by atomic mass is 15.5. The van der Waals surface area contributed by atoms with Gasteiger partial charge < -0.3 is 4.90 Å². The van der Waals surface area contributed by atoms with Gasteiger partial charge in [-0.25, -0.2) is 5.10 Å². The molecule has 6 nitrogen and oxygen atoms in total. The van der Waals surface area contributed by atoms with Gasteiger partial charge in [0.05, 0.1) is 0 Å². The van der Waals surface area contributed by atoms with Gasteiger partial charge in [0.15, 0.2) is 5.82 Å². The monoisotopic (exact) mass is 348 g/mol. The molecule has 0 spiro atoms. The minimum atomic E-state index is 0.690. The van der Waals surface area contributed by atoms with Crippen molar-refractivity contribution in [3.05, 3.63) is 54.1 Å². The van der Waals surface area contributed by atoms with E-state index in [1.807, 2.05) is 12.1 Å². The molecule has 0 unspecified atom stereocenters. The number of aromatic nitrogens is 4. The number of tetrazole rings is 1. The highest BCUT2D eigenvalue weighted by molar-refractivity contribution is 5.67. The smallest absolute Gasteiger partial charge is 0.179 e. The number of likely N-dealkylation sites (N-methyl/N-ethyl adjacent to an activating group) is 1. The number of hydrogen-bond donors (Lipinski definition) is 1.